The third-order valence-corrected chi connectivity index (χ3v) is 8.00. The molecule has 32 heavy (non-hydrogen) atoms. The van der Waals surface area contributed by atoms with E-state index in [1.807, 2.05) is 13.0 Å². The Hall–Kier alpha value is -1.82. The Morgan fingerprint density at radius 2 is 1.97 bits per heavy atom. The number of carbonyl (C=O) groups is 2. The highest BCUT2D eigenvalue weighted by Crippen LogP contribution is 2.55. The van der Waals surface area contributed by atoms with E-state index in [9.17, 15) is 14.7 Å². The Morgan fingerprint density at radius 1 is 1.28 bits per heavy atom. The molecule has 1 aromatic rings. The minimum atomic E-state index is -0.560. The van der Waals surface area contributed by atoms with E-state index in [2.05, 4.69) is 45.3 Å². The van der Waals surface area contributed by atoms with Crippen LogP contribution in [0.2, 0.25) is 0 Å². The molecule has 0 bridgehead atoms. The van der Waals surface area contributed by atoms with Crippen molar-refractivity contribution in [1.82, 2.24) is 10.6 Å². The molecule has 2 amide bonds. The smallest absolute Gasteiger partial charge is 0.223 e. The molecule has 6 nitrogen and oxygen atoms in total. The standard InChI is InChI=1S/C26H42N2O4/c1-16(24(31)27-15-18-8-7-13-32-18)19-9-11-26(6)12-10-20(17(2)22(26)23(19)30)28-21(29)14-25(3,4)5/h7-8,13,16-17,19-20,22-23,30H,9-12,14-15H2,1-6H3,(H,27,31)(H,28,29)/t16-,17-,19-,20-,22+,23-,26+/m0/s1. The van der Waals surface area contributed by atoms with Crippen molar-refractivity contribution in [3.63, 3.8) is 0 Å². The van der Waals surface area contributed by atoms with Crippen molar-refractivity contribution in [2.24, 2.45) is 34.5 Å². The molecule has 3 N–H and O–H groups in total. The quantitative estimate of drug-likeness (QED) is 0.608. The summed E-state index contributed by atoms with van der Waals surface area (Å²) in [6, 6.07) is 3.71. The Balaban J connectivity index is 1.66. The molecular formula is C26H42N2O4. The lowest BCUT2D eigenvalue weighted by Crippen LogP contribution is -2.58. The van der Waals surface area contributed by atoms with Crippen molar-refractivity contribution >= 4 is 11.8 Å². The highest BCUT2D eigenvalue weighted by atomic mass is 16.3. The number of furan rings is 1. The van der Waals surface area contributed by atoms with Crippen LogP contribution in [0.15, 0.2) is 22.8 Å². The first-order valence-electron chi connectivity index (χ1n) is 12.2. The first-order valence-corrected chi connectivity index (χ1v) is 12.2. The molecule has 1 heterocycles. The SMILES string of the molecule is C[C@@H]1[C@@H]2[C@@H](O)[C@H]([C@H](C)C(=O)NCc3ccco3)CC[C@]2(C)CC[C@@H]1NC(=O)CC(C)(C)C. The average Bonchev–Trinajstić information content (AvgIpc) is 3.20. The van der Waals surface area contributed by atoms with Gasteiger partial charge in [0.05, 0.1) is 18.9 Å². The maximum Gasteiger partial charge on any atom is 0.223 e. The lowest BCUT2D eigenvalue weighted by Gasteiger charge is -2.56. The second-order valence-electron chi connectivity index (χ2n) is 11.8. The average molecular weight is 447 g/mol. The van der Waals surface area contributed by atoms with Gasteiger partial charge in [-0.15, -0.1) is 0 Å². The Bertz CT molecular complexity index is 784. The first kappa shape index (κ1) is 24.8. The zero-order chi connectivity index (χ0) is 23.7. The number of rotatable bonds is 6. The van der Waals surface area contributed by atoms with Gasteiger partial charge in [0.25, 0.3) is 0 Å². The molecule has 6 heteroatoms. The summed E-state index contributed by atoms with van der Waals surface area (Å²) in [5, 5.41) is 17.7. The molecule has 0 aromatic carbocycles. The van der Waals surface area contributed by atoms with Crippen molar-refractivity contribution in [1.29, 1.82) is 0 Å². The van der Waals surface area contributed by atoms with Crippen LogP contribution in [0.4, 0.5) is 0 Å². The largest absolute Gasteiger partial charge is 0.467 e. The van der Waals surface area contributed by atoms with Crippen LogP contribution in [-0.2, 0) is 16.1 Å². The Kier molecular flexibility index (Phi) is 7.43. The van der Waals surface area contributed by atoms with E-state index < -0.39 is 6.10 Å². The minimum Gasteiger partial charge on any atom is -0.467 e. The molecule has 3 rings (SSSR count). The monoisotopic (exact) mass is 446 g/mol. The molecule has 0 aliphatic heterocycles. The summed E-state index contributed by atoms with van der Waals surface area (Å²) in [7, 11) is 0. The van der Waals surface area contributed by atoms with Crippen molar-refractivity contribution in [3.05, 3.63) is 24.2 Å². The molecular weight excluding hydrogens is 404 g/mol. The van der Waals surface area contributed by atoms with E-state index in [1.54, 1.807) is 12.3 Å². The van der Waals surface area contributed by atoms with E-state index in [0.29, 0.717) is 13.0 Å². The fraction of sp³-hybridized carbons (Fsp3) is 0.769. The van der Waals surface area contributed by atoms with E-state index in [0.717, 1.165) is 31.4 Å². The summed E-state index contributed by atoms with van der Waals surface area (Å²) in [4.78, 5) is 25.4. The predicted octanol–water partition coefficient (Wildman–Crippen LogP) is 4.28. The lowest BCUT2D eigenvalue weighted by molar-refractivity contribution is -0.144. The van der Waals surface area contributed by atoms with Gasteiger partial charge in [0.15, 0.2) is 0 Å². The van der Waals surface area contributed by atoms with Crippen molar-refractivity contribution in [3.8, 4) is 0 Å². The molecule has 1 aromatic heterocycles. The zero-order valence-electron chi connectivity index (χ0n) is 20.6. The molecule has 2 aliphatic carbocycles. The molecule has 0 radical (unpaired) electrons. The Morgan fingerprint density at radius 3 is 2.59 bits per heavy atom. The van der Waals surface area contributed by atoms with Crippen LogP contribution < -0.4 is 10.6 Å². The van der Waals surface area contributed by atoms with Crippen LogP contribution in [-0.4, -0.2) is 29.1 Å². The third kappa shape index (κ3) is 5.56. The summed E-state index contributed by atoms with van der Waals surface area (Å²) in [6.07, 6.45) is 5.31. The van der Waals surface area contributed by atoms with Crippen LogP contribution >= 0.6 is 0 Å². The van der Waals surface area contributed by atoms with Crippen LogP contribution in [0.3, 0.4) is 0 Å². The van der Waals surface area contributed by atoms with Crippen LogP contribution in [0.5, 0.6) is 0 Å². The van der Waals surface area contributed by atoms with Gasteiger partial charge >= 0.3 is 0 Å². The van der Waals surface area contributed by atoms with Gasteiger partial charge in [-0.25, -0.2) is 0 Å². The summed E-state index contributed by atoms with van der Waals surface area (Å²) in [5.74, 6) is 0.614. The second kappa shape index (κ2) is 9.58. The van der Waals surface area contributed by atoms with Gasteiger partial charge < -0.3 is 20.2 Å². The molecule has 2 fully saturated rings. The van der Waals surface area contributed by atoms with E-state index in [4.69, 9.17) is 4.42 Å². The van der Waals surface area contributed by atoms with E-state index >= 15 is 0 Å². The van der Waals surface area contributed by atoms with Crippen molar-refractivity contribution in [2.45, 2.75) is 92.3 Å². The summed E-state index contributed by atoms with van der Waals surface area (Å²) < 4.78 is 5.30. The van der Waals surface area contributed by atoms with Gasteiger partial charge in [0.1, 0.15) is 5.76 Å². The van der Waals surface area contributed by atoms with Gasteiger partial charge in [0, 0.05) is 18.4 Å². The zero-order valence-corrected chi connectivity index (χ0v) is 20.6. The highest BCUT2D eigenvalue weighted by molar-refractivity contribution is 5.78. The molecule has 0 unspecified atom stereocenters. The number of nitrogens with one attached hydrogen (secondary N) is 2. The van der Waals surface area contributed by atoms with Gasteiger partial charge in [-0.05, 0) is 66.4 Å². The maximum absolute atomic E-state index is 12.8. The Labute approximate surface area is 192 Å². The molecule has 0 saturated heterocycles. The molecule has 7 atom stereocenters. The predicted molar refractivity (Wildman–Crippen MR) is 124 cm³/mol. The van der Waals surface area contributed by atoms with E-state index in [-0.39, 0.29) is 52.4 Å². The lowest BCUT2D eigenvalue weighted by atomic mass is 9.51. The van der Waals surface area contributed by atoms with Gasteiger partial charge in [-0.3, -0.25) is 9.59 Å². The molecule has 2 aliphatic rings. The highest BCUT2D eigenvalue weighted by Gasteiger charge is 2.53. The minimum absolute atomic E-state index is 0.0466. The molecule has 180 valence electrons. The molecule has 2 saturated carbocycles. The maximum atomic E-state index is 12.8. The van der Waals surface area contributed by atoms with Crippen LogP contribution in [0.1, 0.15) is 79.4 Å². The van der Waals surface area contributed by atoms with Crippen molar-refractivity contribution < 1.29 is 19.1 Å². The second-order valence-corrected chi connectivity index (χ2v) is 11.8. The van der Waals surface area contributed by atoms with Gasteiger partial charge in [-0.2, -0.15) is 0 Å². The first-order chi connectivity index (χ1) is 14.9. The van der Waals surface area contributed by atoms with Gasteiger partial charge in [0.2, 0.25) is 11.8 Å². The molecule has 0 spiro atoms. The number of amides is 2. The summed E-state index contributed by atoms with van der Waals surface area (Å²) in [6.45, 7) is 12.9. The number of hydrogen-bond donors (Lipinski definition) is 3. The third-order valence-electron chi connectivity index (χ3n) is 8.00. The number of aliphatic hydroxyl groups excluding tert-OH is 1. The summed E-state index contributed by atoms with van der Waals surface area (Å²) in [5.41, 5.74) is -0.00462. The number of hydrogen-bond acceptors (Lipinski definition) is 4. The topological polar surface area (TPSA) is 91.6 Å². The number of aliphatic hydroxyl groups is 1. The van der Waals surface area contributed by atoms with Gasteiger partial charge in [-0.1, -0.05) is 41.5 Å². The fourth-order valence-corrected chi connectivity index (χ4v) is 6.18. The summed E-state index contributed by atoms with van der Waals surface area (Å²) >= 11 is 0. The normalized spacial score (nSPS) is 33.8. The fourth-order valence-electron chi connectivity index (χ4n) is 6.18. The van der Waals surface area contributed by atoms with Crippen molar-refractivity contribution in [2.75, 3.05) is 0 Å². The van der Waals surface area contributed by atoms with Crippen LogP contribution in [0.25, 0.3) is 0 Å². The van der Waals surface area contributed by atoms with Crippen LogP contribution in [0, 0.1) is 34.5 Å². The van der Waals surface area contributed by atoms with E-state index in [1.165, 1.54) is 0 Å². The number of fused-ring (bicyclic) bond motifs is 1. The number of carbonyl (C=O) groups excluding carboxylic acids is 2.